The first-order valence-corrected chi connectivity index (χ1v) is 18.9. The molecule has 0 N–H and O–H groups in total. The van der Waals surface area contributed by atoms with Crippen molar-refractivity contribution in [1.82, 2.24) is 4.57 Å². The average Bonchev–Trinajstić information content (AvgIpc) is 3.59. The summed E-state index contributed by atoms with van der Waals surface area (Å²) in [5.74, 6) is 0. The third-order valence-electron chi connectivity index (χ3n) is 10.8. The van der Waals surface area contributed by atoms with Crippen LogP contribution < -0.4 is 4.90 Å². The van der Waals surface area contributed by atoms with Crippen LogP contribution in [0.15, 0.2) is 212 Å². The Balaban J connectivity index is 1.23. The summed E-state index contributed by atoms with van der Waals surface area (Å²) in [6, 6.07) is 77.0. The summed E-state index contributed by atoms with van der Waals surface area (Å²) in [6.07, 6.45) is 0. The molecule has 10 rings (SSSR count). The van der Waals surface area contributed by atoms with Crippen LogP contribution in [0.3, 0.4) is 0 Å². The van der Waals surface area contributed by atoms with E-state index in [-0.39, 0.29) is 0 Å². The van der Waals surface area contributed by atoms with E-state index in [1.165, 1.54) is 71.7 Å². The van der Waals surface area contributed by atoms with Crippen LogP contribution >= 0.6 is 0 Å². The molecule has 0 amide bonds. The first-order chi connectivity index (χ1) is 27.2. The van der Waals surface area contributed by atoms with E-state index < -0.39 is 0 Å². The SMILES string of the molecule is Cc1cccc(-c2c(-n3c4ccccc4c4c(N(c5ccc(-c6ccccc6)cc5)c5ccc(-c6ccccc6)cc5)cccc43)ccc3ccccc23)c1. The standard InChI is InChI=1S/C53H38N2/c1-37-14-12-20-43(36-37)52-46-21-9-8-19-42(46)30-35-51(52)55-48-23-11-10-22-47(48)53-49(24-13-25-50(53)55)54(44-31-26-40(27-32-44)38-15-4-2-5-16-38)45-33-28-41(29-34-45)39-17-6-3-7-18-39/h2-36H,1H3. The van der Waals surface area contributed by atoms with E-state index in [4.69, 9.17) is 0 Å². The second kappa shape index (κ2) is 13.7. The Morgan fingerprint density at radius 3 is 1.56 bits per heavy atom. The van der Waals surface area contributed by atoms with Crippen LogP contribution in [-0.4, -0.2) is 4.57 Å². The molecule has 1 aromatic heterocycles. The van der Waals surface area contributed by atoms with Crippen molar-refractivity contribution in [2.75, 3.05) is 4.90 Å². The zero-order valence-electron chi connectivity index (χ0n) is 30.6. The van der Waals surface area contributed by atoms with Crippen LogP contribution in [0.5, 0.6) is 0 Å². The Morgan fingerprint density at radius 1 is 0.382 bits per heavy atom. The topological polar surface area (TPSA) is 8.17 Å². The Labute approximate surface area is 321 Å². The summed E-state index contributed by atoms with van der Waals surface area (Å²) < 4.78 is 2.48. The number of anilines is 3. The average molecular weight is 703 g/mol. The summed E-state index contributed by atoms with van der Waals surface area (Å²) in [5.41, 5.74) is 15.3. The lowest BCUT2D eigenvalue weighted by molar-refractivity contribution is 1.18. The van der Waals surface area contributed by atoms with Crippen molar-refractivity contribution in [1.29, 1.82) is 0 Å². The summed E-state index contributed by atoms with van der Waals surface area (Å²) >= 11 is 0. The second-order valence-electron chi connectivity index (χ2n) is 14.2. The third kappa shape index (κ3) is 5.76. The molecular formula is C53H38N2. The number of hydrogen-bond acceptors (Lipinski definition) is 1. The van der Waals surface area contributed by atoms with E-state index >= 15 is 0 Å². The predicted molar refractivity (Wildman–Crippen MR) is 234 cm³/mol. The molecule has 0 atom stereocenters. The van der Waals surface area contributed by atoms with Crippen LogP contribution in [0.25, 0.3) is 71.6 Å². The molecule has 10 aromatic rings. The second-order valence-corrected chi connectivity index (χ2v) is 14.2. The van der Waals surface area contributed by atoms with E-state index in [1.807, 2.05) is 0 Å². The van der Waals surface area contributed by atoms with Crippen molar-refractivity contribution >= 4 is 49.6 Å². The molecule has 0 aliphatic heterocycles. The minimum absolute atomic E-state index is 1.10. The van der Waals surface area contributed by atoms with E-state index in [0.717, 1.165) is 22.6 Å². The molecule has 55 heavy (non-hydrogen) atoms. The number of hydrogen-bond donors (Lipinski definition) is 0. The predicted octanol–water partition coefficient (Wildman–Crippen LogP) is 14.7. The van der Waals surface area contributed by atoms with E-state index in [1.54, 1.807) is 0 Å². The van der Waals surface area contributed by atoms with Crippen LogP contribution in [0, 0.1) is 6.92 Å². The van der Waals surface area contributed by atoms with Gasteiger partial charge in [0, 0.05) is 27.7 Å². The Hall–Kier alpha value is -7.16. The maximum atomic E-state index is 2.48. The number of fused-ring (bicyclic) bond motifs is 4. The van der Waals surface area contributed by atoms with Gasteiger partial charge in [-0.2, -0.15) is 0 Å². The van der Waals surface area contributed by atoms with Crippen molar-refractivity contribution in [3.8, 4) is 39.1 Å². The molecule has 0 saturated carbocycles. The molecule has 0 aliphatic rings. The first-order valence-electron chi connectivity index (χ1n) is 18.9. The summed E-state index contributed by atoms with van der Waals surface area (Å²) in [6.45, 7) is 2.17. The quantitative estimate of drug-likeness (QED) is 0.160. The number of nitrogens with zero attached hydrogens (tertiary/aromatic N) is 2. The van der Waals surface area contributed by atoms with Crippen LogP contribution in [0.1, 0.15) is 5.56 Å². The fourth-order valence-corrected chi connectivity index (χ4v) is 8.29. The molecule has 260 valence electrons. The maximum Gasteiger partial charge on any atom is 0.0562 e. The van der Waals surface area contributed by atoms with Gasteiger partial charge in [0.2, 0.25) is 0 Å². The number of aryl methyl sites for hydroxylation is 1. The van der Waals surface area contributed by atoms with Crippen molar-refractivity contribution in [2.24, 2.45) is 0 Å². The normalized spacial score (nSPS) is 11.4. The first kappa shape index (κ1) is 32.5. The van der Waals surface area contributed by atoms with Crippen molar-refractivity contribution in [2.45, 2.75) is 6.92 Å². The fraction of sp³-hybridized carbons (Fsp3) is 0.0189. The minimum Gasteiger partial charge on any atom is -0.310 e. The smallest absolute Gasteiger partial charge is 0.0562 e. The number of rotatable bonds is 7. The molecule has 0 fully saturated rings. The molecule has 1 heterocycles. The Kier molecular flexibility index (Phi) is 8.08. The number of para-hydroxylation sites is 1. The zero-order chi connectivity index (χ0) is 36.7. The number of aromatic nitrogens is 1. The summed E-state index contributed by atoms with van der Waals surface area (Å²) in [4.78, 5) is 2.42. The highest BCUT2D eigenvalue weighted by Crippen LogP contribution is 2.46. The van der Waals surface area contributed by atoms with E-state index in [9.17, 15) is 0 Å². The lowest BCUT2D eigenvalue weighted by Crippen LogP contribution is -2.10. The molecule has 0 radical (unpaired) electrons. The molecule has 0 saturated heterocycles. The highest BCUT2D eigenvalue weighted by atomic mass is 15.1. The highest BCUT2D eigenvalue weighted by Gasteiger charge is 2.23. The van der Waals surface area contributed by atoms with Gasteiger partial charge in [-0.25, -0.2) is 0 Å². The molecular weight excluding hydrogens is 665 g/mol. The van der Waals surface area contributed by atoms with Crippen LogP contribution in [-0.2, 0) is 0 Å². The fourth-order valence-electron chi connectivity index (χ4n) is 8.29. The minimum atomic E-state index is 1.10. The van der Waals surface area contributed by atoms with Gasteiger partial charge >= 0.3 is 0 Å². The van der Waals surface area contributed by atoms with Gasteiger partial charge in [0.05, 0.1) is 22.4 Å². The van der Waals surface area contributed by atoms with Gasteiger partial charge in [0.15, 0.2) is 0 Å². The van der Waals surface area contributed by atoms with Crippen molar-refractivity contribution in [3.63, 3.8) is 0 Å². The molecule has 2 heteroatoms. The molecule has 0 spiro atoms. The van der Waals surface area contributed by atoms with Crippen molar-refractivity contribution < 1.29 is 0 Å². The van der Waals surface area contributed by atoms with Gasteiger partial charge in [-0.15, -0.1) is 0 Å². The van der Waals surface area contributed by atoms with Gasteiger partial charge in [0.25, 0.3) is 0 Å². The Morgan fingerprint density at radius 2 is 0.909 bits per heavy atom. The van der Waals surface area contributed by atoms with Crippen molar-refractivity contribution in [3.05, 3.63) is 218 Å². The molecule has 0 bridgehead atoms. The lowest BCUT2D eigenvalue weighted by atomic mass is 9.95. The maximum absolute atomic E-state index is 2.48. The lowest BCUT2D eigenvalue weighted by Gasteiger charge is -2.27. The van der Waals surface area contributed by atoms with Gasteiger partial charge in [-0.3, -0.25) is 0 Å². The van der Waals surface area contributed by atoms with Crippen LogP contribution in [0.4, 0.5) is 17.1 Å². The number of benzene rings is 9. The highest BCUT2D eigenvalue weighted by molar-refractivity contribution is 6.17. The van der Waals surface area contributed by atoms with E-state index in [2.05, 4.69) is 229 Å². The Bertz CT molecular complexity index is 2880. The van der Waals surface area contributed by atoms with Crippen LogP contribution in [0.2, 0.25) is 0 Å². The third-order valence-corrected chi connectivity index (χ3v) is 10.8. The van der Waals surface area contributed by atoms with Gasteiger partial charge < -0.3 is 9.47 Å². The molecule has 2 nitrogen and oxygen atoms in total. The molecule has 0 aliphatic carbocycles. The zero-order valence-corrected chi connectivity index (χ0v) is 30.6. The van der Waals surface area contributed by atoms with Gasteiger partial charge in [-0.05, 0) is 94.0 Å². The van der Waals surface area contributed by atoms with Gasteiger partial charge in [-0.1, -0.05) is 169 Å². The van der Waals surface area contributed by atoms with E-state index in [0.29, 0.717) is 0 Å². The molecule has 9 aromatic carbocycles. The molecule has 0 unspecified atom stereocenters. The monoisotopic (exact) mass is 702 g/mol. The largest absolute Gasteiger partial charge is 0.310 e. The summed E-state index contributed by atoms with van der Waals surface area (Å²) in [7, 11) is 0. The summed E-state index contributed by atoms with van der Waals surface area (Å²) in [5, 5.41) is 4.89. The van der Waals surface area contributed by atoms with Gasteiger partial charge in [0.1, 0.15) is 0 Å².